The molecule has 0 aliphatic carbocycles. The van der Waals surface area contributed by atoms with Crippen molar-refractivity contribution in [3.05, 3.63) is 23.8 Å². The highest BCUT2D eigenvalue weighted by atomic mass is 16.5. The zero-order valence-electron chi connectivity index (χ0n) is 11.5. The zero-order valence-corrected chi connectivity index (χ0v) is 11.5. The van der Waals surface area contributed by atoms with Crippen molar-refractivity contribution in [2.75, 3.05) is 21.3 Å². The van der Waals surface area contributed by atoms with Crippen LogP contribution in [0, 0.1) is 5.92 Å². The molecule has 0 aliphatic rings. The van der Waals surface area contributed by atoms with E-state index in [4.69, 9.17) is 14.2 Å². The predicted octanol–water partition coefficient (Wildman–Crippen LogP) is 2.56. The van der Waals surface area contributed by atoms with Crippen LogP contribution in [0.15, 0.2) is 18.2 Å². The second-order valence-electron chi connectivity index (χ2n) is 4.33. The summed E-state index contributed by atoms with van der Waals surface area (Å²) in [5.41, 5.74) is 0.513. The molecule has 4 nitrogen and oxygen atoms in total. The van der Waals surface area contributed by atoms with Crippen LogP contribution in [0.2, 0.25) is 0 Å². The SMILES string of the molecule is COc1ccc(C(=O)C(OC)C(C)C)c(OC)c1. The van der Waals surface area contributed by atoms with Gasteiger partial charge in [-0.25, -0.2) is 0 Å². The van der Waals surface area contributed by atoms with E-state index >= 15 is 0 Å². The zero-order chi connectivity index (χ0) is 13.7. The first kappa shape index (κ1) is 14.5. The maximum absolute atomic E-state index is 12.4. The number of ketones is 1. The van der Waals surface area contributed by atoms with Gasteiger partial charge in [0.25, 0.3) is 0 Å². The Labute approximate surface area is 108 Å². The van der Waals surface area contributed by atoms with Gasteiger partial charge in [-0.2, -0.15) is 0 Å². The summed E-state index contributed by atoms with van der Waals surface area (Å²) in [6, 6.07) is 5.14. The third kappa shape index (κ3) is 3.01. The maximum atomic E-state index is 12.4. The normalized spacial score (nSPS) is 12.3. The molecule has 0 N–H and O–H groups in total. The second-order valence-corrected chi connectivity index (χ2v) is 4.33. The summed E-state index contributed by atoms with van der Waals surface area (Å²) in [6.07, 6.45) is -0.465. The Balaban J connectivity index is 3.12. The number of carbonyl (C=O) groups is 1. The van der Waals surface area contributed by atoms with Crippen LogP contribution in [-0.4, -0.2) is 33.2 Å². The van der Waals surface area contributed by atoms with Gasteiger partial charge in [0.2, 0.25) is 0 Å². The highest BCUT2D eigenvalue weighted by Crippen LogP contribution is 2.27. The number of carbonyl (C=O) groups excluding carboxylic acids is 1. The molecule has 1 unspecified atom stereocenters. The summed E-state index contributed by atoms with van der Waals surface area (Å²) in [5.74, 6) is 1.19. The van der Waals surface area contributed by atoms with Crippen molar-refractivity contribution in [3.8, 4) is 11.5 Å². The fourth-order valence-corrected chi connectivity index (χ4v) is 1.84. The van der Waals surface area contributed by atoms with Crippen LogP contribution >= 0.6 is 0 Å². The highest BCUT2D eigenvalue weighted by molar-refractivity contribution is 6.02. The molecule has 1 atom stereocenters. The molecule has 18 heavy (non-hydrogen) atoms. The molecule has 0 bridgehead atoms. The van der Waals surface area contributed by atoms with E-state index in [9.17, 15) is 4.79 Å². The first-order valence-electron chi connectivity index (χ1n) is 5.84. The Bertz CT molecular complexity index is 412. The number of methoxy groups -OCH3 is 3. The first-order valence-corrected chi connectivity index (χ1v) is 5.84. The molecule has 1 rings (SSSR count). The van der Waals surface area contributed by atoms with Crippen LogP contribution in [0.5, 0.6) is 11.5 Å². The third-order valence-corrected chi connectivity index (χ3v) is 2.79. The topological polar surface area (TPSA) is 44.8 Å². The van der Waals surface area contributed by atoms with Gasteiger partial charge < -0.3 is 14.2 Å². The Morgan fingerprint density at radius 2 is 1.78 bits per heavy atom. The van der Waals surface area contributed by atoms with E-state index in [1.54, 1.807) is 32.4 Å². The smallest absolute Gasteiger partial charge is 0.195 e. The molecule has 1 aromatic carbocycles. The average molecular weight is 252 g/mol. The second kappa shape index (κ2) is 6.40. The van der Waals surface area contributed by atoms with E-state index in [2.05, 4.69) is 0 Å². The van der Waals surface area contributed by atoms with E-state index in [-0.39, 0.29) is 11.7 Å². The number of hydrogen-bond donors (Lipinski definition) is 0. The fourth-order valence-electron chi connectivity index (χ4n) is 1.84. The van der Waals surface area contributed by atoms with Gasteiger partial charge in [0.1, 0.15) is 17.6 Å². The number of ether oxygens (including phenoxy) is 3. The lowest BCUT2D eigenvalue weighted by Crippen LogP contribution is -2.28. The van der Waals surface area contributed by atoms with Crippen molar-refractivity contribution < 1.29 is 19.0 Å². The monoisotopic (exact) mass is 252 g/mol. The Hall–Kier alpha value is -1.55. The quantitative estimate of drug-likeness (QED) is 0.730. The van der Waals surface area contributed by atoms with E-state index in [0.29, 0.717) is 17.1 Å². The molecule has 100 valence electrons. The van der Waals surface area contributed by atoms with Gasteiger partial charge in [-0.15, -0.1) is 0 Å². The minimum absolute atomic E-state index is 0.0768. The van der Waals surface area contributed by atoms with Gasteiger partial charge in [-0.1, -0.05) is 13.8 Å². The van der Waals surface area contributed by atoms with Gasteiger partial charge in [0.05, 0.1) is 19.8 Å². The van der Waals surface area contributed by atoms with Gasteiger partial charge in [-0.3, -0.25) is 4.79 Å². The number of benzene rings is 1. The molecule has 0 radical (unpaired) electrons. The van der Waals surface area contributed by atoms with Crippen molar-refractivity contribution in [2.45, 2.75) is 20.0 Å². The minimum Gasteiger partial charge on any atom is -0.497 e. The summed E-state index contributed by atoms with van der Waals surface area (Å²) in [5, 5.41) is 0. The molecule has 1 aromatic rings. The summed E-state index contributed by atoms with van der Waals surface area (Å²) < 4.78 is 15.6. The summed E-state index contributed by atoms with van der Waals surface area (Å²) in [4.78, 5) is 12.4. The third-order valence-electron chi connectivity index (χ3n) is 2.79. The van der Waals surface area contributed by atoms with Crippen LogP contribution < -0.4 is 9.47 Å². The molecule has 0 fully saturated rings. The molecule has 0 aromatic heterocycles. The van der Waals surface area contributed by atoms with Crippen molar-refractivity contribution >= 4 is 5.78 Å². The number of rotatable bonds is 6. The van der Waals surface area contributed by atoms with Crippen LogP contribution in [0.1, 0.15) is 24.2 Å². The van der Waals surface area contributed by atoms with Crippen molar-refractivity contribution in [1.82, 2.24) is 0 Å². The van der Waals surface area contributed by atoms with Gasteiger partial charge in [0, 0.05) is 13.2 Å². The molecule has 4 heteroatoms. The van der Waals surface area contributed by atoms with Crippen LogP contribution in [0.25, 0.3) is 0 Å². The van der Waals surface area contributed by atoms with E-state index in [1.807, 2.05) is 13.8 Å². The van der Waals surface area contributed by atoms with Crippen molar-refractivity contribution in [3.63, 3.8) is 0 Å². The number of hydrogen-bond acceptors (Lipinski definition) is 4. The van der Waals surface area contributed by atoms with Crippen LogP contribution in [-0.2, 0) is 4.74 Å². The fraction of sp³-hybridized carbons (Fsp3) is 0.500. The van der Waals surface area contributed by atoms with Gasteiger partial charge in [-0.05, 0) is 18.1 Å². The minimum atomic E-state index is -0.465. The lowest BCUT2D eigenvalue weighted by atomic mass is 9.97. The van der Waals surface area contributed by atoms with E-state index in [1.165, 1.54) is 7.11 Å². The highest BCUT2D eigenvalue weighted by Gasteiger charge is 2.25. The maximum Gasteiger partial charge on any atom is 0.195 e. The summed E-state index contributed by atoms with van der Waals surface area (Å²) in [7, 11) is 4.64. The molecule has 0 spiro atoms. The largest absolute Gasteiger partial charge is 0.497 e. The Morgan fingerprint density at radius 1 is 1.11 bits per heavy atom. The molecule has 0 aliphatic heterocycles. The molecular weight excluding hydrogens is 232 g/mol. The van der Waals surface area contributed by atoms with Gasteiger partial charge in [0.15, 0.2) is 5.78 Å². The lowest BCUT2D eigenvalue weighted by molar-refractivity contribution is 0.0456. The molecule has 0 saturated carbocycles. The van der Waals surface area contributed by atoms with Crippen molar-refractivity contribution in [2.24, 2.45) is 5.92 Å². The molecule has 0 saturated heterocycles. The average Bonchev–Trinajstić information content (AvgIpc) is 2.38. The molecular formula is C14H20O4. The standard InChI is InChI=1S/C14H20O4/c1-9(2)14(18-5)13(15)11-7-6-10(16-3)8-12(11)17-4/h6-9,14H,1-5H3. The van der Waals surface area contributed by atoms with Crippen LogP contribution in [0.4, 0.5) is 0 Å². The first-order chi connectivity index (χ1) is 8.54. The van der Waals surface area contributed by atoms with Gasteiger partial charge >= 0.3 is 0 Å². The molecule has 0 amide bonds. The number of Topliss-reactive ketones (excluding diaryl/α,β-unsaturated/α-hetero) is 1. The molecule has 0 heterocycles. The summed E-state index contributed by atoms with van der Waals surface area (Å²) >= 11 is 0. The summed E-state index contributed by atoms with van der Waals surface area (Å²) in [6.45, 7) is 3.89. The Morgan fingerprint density at radius 3 is 2.22 bits per heavy atom. The van der Waals surface area contributed by atoms with Crippen molar-refractivity contribution in [1.29, 1.82) is 0 Å². The predicted molar refractivity (Wildman–Crippen MR) is 69.5 cm³/mol. The van der Waals surface area contributed by atoms with E-state index < -0.39 is 6.10 Å². The van der Waals surface area contributed by atoms with Crippen LogP contribution in [0.3, 0.4) is 0 Å². The van der Waals surface area contributed by atoms with E-state index in [0.717, 1.165) is 0 Å². The lowest BCUT2D eigenvalue weighted by Gasteiger charge is -2.19. The Kier molecular flexibility index (Phi) is 5.16.